The fraction of sp³-hybridized carbons (Fsp3) is 0.316. The number of methoxy groups -OCH3 is 1. The van der Waals surface area contributed by atoms with Gasteiger partial charge < -0.3 is 15.0 Å². The molecule has 0 aromatic heterocycles. The van der Waals surface area contributed by atoms with E-state index in [1.807, 2.05) is 23.1 Å². The molecule has 3 rings (SSSR count). The van der Waals surface area contributed by atoms with Gasteiger partial charge in [0.15, 0.2) is 0 Å². The summed E-state index contributed by atoms with van der Waals surface area (Å²) >= 11 is 5.89. The van der Waals surface area contributed by atoms with Crippen molar-refractivity contribution in [1.29, 1.82) is 0 Å². The lowest BCUT2D eigenvalue weighted by Gasteiger charge is -2.39. The van der Waals surface area contributed by atoms with Crippen LogP contribution in [0.4, 0.5) is 10.5 Å². The summed E-state index contributed by atoms with van der Waals surface area (Å²) < 4.78 is 5.32. The zero-order valence-electron chi connectivity index (χ0n) is 14.4. The van der Waals surface area contributed by atoms with Crippen LogP contribution in [0.1, 0.15) is 11.6 Å². The largest absolute Gasteiger partial charge is 0.497 e. The second kappa shape index (κ2) is 7.76. The number of nitrogens with zero attached hydrogens (tertiary/aromatic N) is 2. The SMILES string of the molecule is COc1cccc(C2CN(C(=O)Nc3ccc(Cl)cc3)CCN2C)c1. The number of carbonyl (C=O) groups excluding carboxylic acids is 1. The number of rotatable bonds is 3. The number of ether oxygens (including phenoxy) is 1. The van der Waals surface area contributed by atoms with Gasteiger partial charge >= 0.3 is 6.03 Å². The van der Waals surface area contributed by atoms with E-state index in [9.17, 15) is 4.79 Å². The molecule has 0 aliphatic carbocycles. The van der Waals surface area contributed by atoms with Crippen molar-refractivity contribution in [1.82, 2.24) is 9.80 Å². The molecule has 0 bridgehead atoms. The lowest BCUT2D eigenvalue weighted by Crippen LogP contribution is -2.50. The molecule has 25 heavy (non-hydrogen) atoms. The van der Waals surface area contributed by atoms with Crippen LogP contribution < -0.4 is 10.1 Å². The normalized spacial score (nSPS) is 18.0. The van der Waals surface area contributed by atoms with Crippen LogP contribution in [-0.4, -0.2) is 49.6 Å². The number of anilines is 1. The highest BCUT2D eigenvalue weighted by atomic mass is 35.5. The van der Waals surface area contributed by atoms with Crippen molar-refractivity contribution >= 4 is 23.3 Å². The Balaban J connectivity index is 1.70. The van der Waals surface area contributed by atoms with Crippen LogP contribution >= 0.6 is 11.6 Å². The third kappa shape index (κ3) is 4.24. The molecule has 1 N–H and O–H groups in total. The molecular weight excluding hydrogens is 338 g/mol. The molecule has 5 nitrogen and oxygen atoms in total. The highest BCUT2D eigenvalue weighted by Gasteiger charge is 2.28. The topological polar surface area (TPSA) is 44.8 Å². The monoisotopic (exact) mass is 359 g/mol. The second-order valence-corrected chi connectivity index (χ2v) is 6.59. The van der Waals surface area contributed by atoms with Gasteiger partial charge in [-0.05, 0) is 49.0 Å². The number of benzene rings is 2. The molecule has 6 heteroatoms. The van der Waals surface area contributed by atoms with E-state index < -0.39 is 0 Å². The highest BCUT2D eigenvalue weighted by Crippen LogP contribution is 2.27. The first-order valence-electron chi connectivity index (χ1n) is 8.22. The Morgan fingerprint density at radius 3 is 2.68 bits per heavy atom. The molecule has 2 amide bonds. The van der Waals surface area contributed by atoms with Crippen LogP contribution in [0.3, 0.4) is 0 Å². The lowest BCUT2D eigenvalue weighted by molar-refractivity contribution is 0.116. The maximum absolute atomic E-state index is 12.6. The first-order valence-corrected chi connectivity index (χ1v) is 8.60. The maximum atomic E-state index is 12.6. The van der Waals surface area contributed by atoms with Crippen molar-refractivity contribution in [2.24, 2.45) is 0 Å². The Morgan fingerprint density at radius 2 is 1.96 bits per heavy atom. The van der Waals surface area contributed by atoms with Crippen molar-refractivity contribution < 1.29 is 9.53 Å². The minimum Gasteiger partial charge on any atom is -0.497 e. The third-order valence-corrected chi connectivity index (χ3v) is 4.76. The first kappa shape index (κ1) is 17.6. The number of urea groups is 1. The van der Waals surface area contributed by atoms with Crippen molar-refractivity contribution in [3.05, 3.63) is 59.1 Å². The standard InChI is InChI=1S/C19H22ClN3O2/c1-22-10-11-23(19(24)21-16-8-6-15(20)7-9-16)13-18(22)14-4-3-5-17(12-14)25-2/h3-9,12,18H,10-11,13H2,1-2H3,(H,21,24). The first-order chi connectivity index (χ1) is 12.1. The number of carbonyl (C=O) groups is 1. The summed E-state index contributed by atoms with van der Waals surface area (Å²) in [5.41, 5.74) is 1.89. The van der Waals surface area contributed by atoms with Gasteiger partial charge in [0.25, 0.3) is 0 Å². The van der Waals surface area contributed by atoms with Gasteiger partial charge in [0, 0.05) is 30.3 Å². The smallest absolute Gasteiger partial charge is 0.321 e. The predicted molar refractivity (Wildman–Crippen MR) is 100 cm³/mol. The average molecular weight is 360 g/mol. The third-order valence-electron chi connectivity index (χ3n) is 4.51. The van der Waals surface area contributed by atoms with E-state index in [-0.39, 0.29) is 12.1 Å². The van der Waals surface area contributed by atoms with Gasteiger partial charge in [-0.3, -0.25) is 4.90 Å². The fourth-order valence-electron chi connectivity index (χ4n) is 3.00. The van der Waals surface area contributed by atoms with Gasteiger partial charge in [0.05, 0.1) is 13.2 Å². The molecule has 1 atom stereocenters. The molecule has 1 heterocycles. The van der Waals surface area contributed by atoms with Gasteiger partial charge in [-0.15, -0.1) is 0 Å². The minimum atomic E-state index is -0.0941. The van der Waals surface area contributed by atoms with Gasteiger partial charge in [-0.25, -0.2) is 4.79 Å². The quantitative estimate of drug-likeness (QED) is 0.904. The highest BCUT2D eigenvalue weighted by molar-refractivity contribution is 6.30. The van der Waals surface area contributed by atoms with Crippen molar-refractivity contribution in [3.63, 3.8) is 0 Å². The predicted octanol–water partition coefficient (Wildman–Crippen LogP) is 3.87. The number of nitrogens with one attached hydrogen (secondary N) is 1. The van der Waals surface area contributed by atoms with Crippen LogP contribution in [0.25, 0.3) is 0 Å². The van der Waals surface area contributed by atoms with Gasteiger partial charge in [-0.1, -0.05) is 23.7 Å². The van der Waals surface area contributed by atoms with Gasteiger partial charge in [-0.2, -0.15) is 0 Å². The number of hydrogen-bond acceptors (Lipinski definition) is 3. The number of likely N-dealkylation sites (N-methyl/N-ethyl adjacent to an activating group) is 1. The molecular formula is C19H22ClN3O2. The van der Waals surface area contributed by atoms with Crippen molar-refractivity contribution in [2.45, 2.75) is 6.04 Å². The molecule has 2 aromatic carbocycles. The summed E-state index contributed by atoms with van der Waals surface area (Å²) in [4.78, 5) is 16.7. The Morgan fingerprint density at radius 1 is 1.20 bits per heavy atom. The van der Waals surface area contributed by atoms with E-state index in [0.29, 0.717) is 18.1 Å². The number of hydrogen-bond donors (Lipinski definition) is 1. The van der Waals surface area contributed by atoms with Crippen LogP contribution in [0, 0.1) is 0 Å². The Kier molecular flexibility index (Phi) is 5.46. The van der Waals surface area contributed by atoms with Crippen molar-refractivity contribution in [3.8, 4) is 5.75 Å². The number of halogens is 1. The Bertz CT molecular complexity index is 736. The van der Waals surface area contributed by atoms with Crippen LogP contribution in [-0.2, 0) is 0 Å². The summed E-state index contributed by atoms with van der Waals surface area (Å²) in [7, 11) is 3.74. The molecule has 132 valence electrons. The molecule has 1 fully saturated rings. The van der Waals surface area contributed by atoms with E-state index in [2.05, 4.69) is 23.3 Å². The van der Waals surface area contributed by atoms with Crippen LogP contribution in [0.5, 0.6) is 5.75 Å². The fourth-order valence-corrected chi connectivity index (χ4v) is 3.13. The Labute approximate surface area is 153 Å². The summed E-state index contributed by atoms with van der Waals surface area (Å²) in [6.07, 6.45) is 0. The molecule has 2 aromatic rings. The van der Waals surface area contributed by atoms with E-state index in [1.165, 1.54) is 0 Å². The number of amides is 2. The Hall–Kier alpha value is -2.24. The van der Waals surface area contributed by atoms with Gasteiger partial charge in [0.1, 0.15) is 5.75 Å². The molecule has 1 unspecified atom stereocenters. The van der Waals surface area contributed by atoms with Gasteiger partial charge in [0.2, 0.25) is 0 Å². The summed E-state index contributed by atoms with van der Waals surface area (Å²) in [6, 6.07) is 15.2. The molecule has 1 saturated heterocycles. The van der Waals surface area contributed by atoms with Crippen molar-refractivity contribution in [2.75, 3.05) is 39.1 Å². The maximum Gasteiger partial charge on any atom is 0.321 e. The average Bonchev–Trinajstić information content (AvgIpc) is 2.64. The zero-order chi connectivity index (χ0) is 17.8. The van der Waals surface area contributed by atoms with E-state index >= 15 is 0 Å². The molecule has 1 aliphatic heterocycles. The summed E-state index contributed by atoms with van der Waals surface area (Å²) in [5.74, 6) is 0.827. The number of piperazine rings is 1. The van der Waals surface area contributed by atoms with Crippen LogP contribution in [0.15, 0.2) is 48.5 Å². The molecule has 0 spiro atoms. The molecule has 0 radical (unpaired) electrons. The van der Waals surface area contributed by atoms with E-state index in [1.54, 1.807) is 31.4 Å². The second-order valence-electron chi connectivity index (χ2n) is 6.16. The summed E-state index contributed by atoms with van der Waals surface area (Å²) in [6.45, 7) is 2.13. The summed E-state index contributed by atoms with van der Waals surface area (Å²) in [5, 5.41) is 3.58. The lowest BCUT2D eigenvalue weighted by atomic mass is 10.0. The van der Waals surface area contributed by atoms with Crippen LogP contribution in [0.2, 0.25) is 5.02 Å². The zero-order valence-corrected chi connectivity index (χ0v) is 15.2. The molecule has 0 saturated carbocycles. The molecule has 1 aliphatic rings. The van der Waals surface area contributed by atoms with E-state index in [4.69, 9.17) is 16.3 Å². The van der Waals surface area contributed by atoms with E-state index in [0.717, 1.165) is 23.5 Å². The minimum absolute atomic E-state index is 0.0941.